The molecule has 0 aliphatic rings. The molecule has 0 spiro atoms. The van der Waals surface area contributed by atoms with Gasteiger partial charge in [0.2, 0.25) is 0 Å². The molecule has 0 atom stereocenters. The van der Waals surface area contributed by atoms with E-state index in [1.807, 2.05) is 12.1 Å². The van der Waals surface area contributed by atoms with Crippen molar-refractivity contribution in [1.82, 2.24) is 14.3 Å². The zero-order chi connectivity index (χ0) is 11.4. The number of thioether (sulfide) groups is 1. The van der Waals surface area contributed by atoms with Gasteiger partial charge in [0.05, 0.1) is 0 Å². The Morgan fingerprint density at radius 3 is 2.94 bits per heavy atom. The smallest absolute Gasteiger partial charge is 0.170 e. The van der Waals surface area contributed by atoms with Crippen LogP contribution in [0.1, 0.15) is 18.3 Å². The van der Waals surface area contributed by atoms with E-state index in [0.717, 1.165) is 27.9 Å². The first-order valence-electron chi connectivity index (χ1n) is 4.93. The number of aryl methyl sites for hydroxylation is 1. The number of nitrogens with zero attached hydrogens (tertiary/aromatic N) is 3. The maximum absolute atomic E-state index is 5.52. The van der Waals surface area contributed by atoms with Crippen molar-refractivity contribution in [2.75, 3.05) is 5.73 Å². The first-order valence-corrected chi connectivity index (χ1v) is 6.69. The normalized spacial score (nSPS) is 10.6. The second kappa shape index (κ2) is 5.27. The molecule has 0 fully saturated rings. The van der Waals surface area contributed by atoms with E-state index in [4.69, 9.17) is 5.73 Å². The summed E-state index contributed by atoms with van der Waals surface area (Å²) in [7, 11) is 0. The molecule has 0 radical (unpaired) electrons. The van der Waals surface area contributed by atoms with Crippen LogP contribution in [0.25, 0.3) is 0 Å². The van der Waals surface area contributed by atoms with Gasteiger partial charge in [-0.3, -0.25) is 0 Å². The molecule has 2 rings (SSSR count). The molecule has 0 aliphatic heterocycles. The Morgan fingerprint density at radius 2 is 2.31 bits per heavy atom. The number of hydrogen-bond acceptors (Lipinski definition) is 6. The Morgan fingerprint density at radius 1 is 1.44 bits per heavy atom. The fourth-order valence-electron chi connectivity index (χ4n) is 1.11. The maximum Gasteiger partial charge on any atom is 0.170 e. The van der Waals surface area contributed by atoms with Crippen LogP contribution in [-0.4, -0.2) is 14.3 Å². The predicted molar refractivity (Wildman–Crippen MR) is 67.5 cm³/mol. The summed E-state index contributed by atoms with van der Waals surface area (Å²) in [5.74, 6) is 2.33. The SMILES string of the molecule is CCc1nsc(SCc2ccc(N)nc2)n1. The van der Waals surface area contributed by atoms with Gasteiger partial charge in [0, 0.05) is 18.4 Å². The summed E-state index contributed by atoms with van der Waals surface area (Å²) in [5.41, 5.74) is 6.66. The number of nitrogens with two attached hydrogens (primary N) is 1. The number of pyridine rings is 1. The van der Waals surface area contributed by atoms with Gasteiger partial charge in [0.1, 0.15) is 11.6 Å². The first-order chi connectivity index (χ1) is 7.78. The molecule has 0 bridgehead atoms. The molecular weight excluding hydrogens is 240 g/mol. The minimum absolute atomic E-state index is 0.554. The molecule has 0 unspecified atom stereocenters. The topological polar surface area (TPSA) is 64.7 Å². The lowest BCUT2D eigenvalue weighted by atomic mass is 10.3. The monoisotopic (exact) mass is 252 g/mol. The first kappa shape index (κ1) is 11.3. The van der Waals surface area contributed by atoms with Crippen LogP contribution in [0.15, 0.2) is 22.7 Å². The van der Waals surface area contributed by atoms with Crippen LogP contribution in [0.5, 0.6) is 0 Å². The van der Waals surface area contributed by atoms with E-state index in [2.05, 4.69) is 21.3 Å². The number of hydrogen-bond donors (Lipinski definition) is 1. The average Bonchev–Trinajstić information content (AvgIpc) is 2.76. The van der Waals surface area contributed by atoms with Crippen LogP contribution in [0, 0.1) is 0 Å². The Kier molecular flexibility index (Phi) is 3.74. The van der Waals surface area contributed by atoms with Crippen molar-refractivity contribution < 1.29 is 0 Å². The summed E-state index contributed by atoms with van der Waals surface area (Å²) in [4.78, 5) is 8.43. The van der Waals surface area contributed by atoms with Gasteiger partial charge < -0.3 is 5.73 Å². The molecule has 0 aromatic carbocycles. The Labute approximate surface area is 102 Å². The molecule has 2 aromatic heterocycles. The second-order valence-corrected chi connectivity index (χ2v) is 5.18. The van der Waals surface area contributed by atoms with Gasteiger partial charge in [-0.25, -0.2) is 9.97 Å². The van der Waals surface area contributed by atoms with Crippen LogP contribution < -0.4 is 5.73 Å². The van der Waals surface area contributed by atoms with Crippen molar-refractivity contribution in [1.29, 1.82) is 0 Å². The molecule has 0 aliphatic carbocycles. The maximum atomic E-state index is 5.52. The number of anilines is 1. The highest BCUT2D eigenvalue weighted by molar-refractivity contribution is 8.00. The van der Waals surface area contributed by atoms with Gasteiger partial charge in [0.15, 0.2) is 4.34 Å². The van der Waals surface area contributed by atoms with E-state index >= 15 is 0 Å². The highest BCUT2D eigenvalue weighted by atomic mass is 32.2. The summed E-state index contributed by atoms with van der Waals surface area (Å²) >= 11 is 3.13. The standard InChI is InChI=1S/C10H12N4S2/c1-2-9-13-10(16-14-9)15-6-7-3-4-8(11)12-5-7/h3-5H,2,6H2,1H3,(H2,11,12). The minimum atomic E-state index is 0.554. The van der Waals surface area contributed by atoms with Crippen molar-refractivity contribution in [3.05, 3.63) is 29.7 Å². The second-order valence-electron chi connectivity index (χ2n) is 3.21. The van der Waals surface area contributed by atoms with Crippen LogP contribution >= 0.6 is 23.3 Å². The van der Waals surface area contributed by atoms with Gasteiger partial charge in [-0.1, -0.05) is 24.8 Å². The Balaban J connectivity index is 1.94. The summed E-state index contributed by atoms with van der Waals surface area (Å²) in [6.45, 7) is 2.06. The summed E-state index contributed by atoms with van der Waals surface area (Å²) < 4.78 is 5.24. The molecule has 0 saturated carbocycles. The van der Waals surface area contributed by atoms with Gasteiger partial charge >= 0.3 is 0 Å². The third-order valence-electron chi connectivity index (χ3n) is 1.98. The van der Waals surface area contributed by atoms with E-state index in [0.29, 0.717) is 5.82 Å². The van der Waals surface area contributed by atoms with E-state index in [9.17, 15) is 0 Å². The quantitative estimate of drug-likeness (QED) is 0.846. The fourth-order valence-corrected chi connectivity index (χ4v) is 2.74. The molecule has 6 heteroatoms. The van der Waals surface area contributed by atoms with Crippen molar-refractivity contribution in [2.45, 2.75) is 23.4 Å². The molecule has 16 heavy (non-hydrogen) atoms. The number of aromatic nitrogens is 3. The third kappa shape index (κ3) is 2.93. The van der Waals surface area contributed by atoms with Crippen LogP contribution in [0.2, 0.25) is 0 Å². The van der Waals surface area contributed by atoms with Crippen LogP contribution in [0.4, 0.5) is 5.82 Å². The van der Waals surface area contributed by atoms with E-state index in [1.54, 1.807) is 18.0 Å². The molecule has 2 N–H and O–H groups in total. The van der Waals surface area contributed by atoms with Gasteiger partial charge in [-0.15, -0.1) is 0 Å². The van der Waals surface area contributed by atoms with Crippen molar-refractivity contribution >= 4 is 29.1 Å². The van der Waals surface area contributed by atoms with E-state index in [1.165, 1.54) is 11.5 Å². The lowest BCUT2D eigenvalue weighted by molar-refractivity contribution is 0.971. The third-order valence-corrected chi connectivity index (χ3v) is 3.92. The molecule has 4 nitrogen and oxygen atoms in total. The van der Waals surface area contributed by atoms with E-state index < -0.39 is 0 Å². The summed E-state index contributed by atoms with van der Waals surface area (Å²) in [6.07, 6.45) is 2.69. The highest BCUT2D eigenvalue weighted by Crippen LogP contribution is 2.24. The largest absolute Gasteiger partial charge is 0.384 e. The summed E-state index contributed by atoms with van der Waals surface area (Å²) in [5, 5.41) is 0. The highest BCUT2D eigenvalue weighted by Gasteiger charge is 2.03. The zero-order valence-corrected chi connectivity index (χ0v) is 10.5. The predicted octanol–water partition coefficient (Wildman–Crippen LogP) is 2.37. The van der Waals surface area contributed by atoms with Crippen molar-refractivity contribution in [3.8, 4) is 0 Å². The molecule has 84 valence electrons. The van der Waals surface area contributed by atoms with Gasteiger partial charge in [-0.2, -0.15) is 4.37 Å². The Hall–Kier alpha value is -1.14. The van der Waals surface area contributed by atoms with Gasteiger partial charge in [-0.05, 0) is 23.2 Å². The zero-order valence-electron chi connectivity index (χ0n) is 8.88. The Bertz CT molecular complexity index is 452. The minimum Gasteiger partial charge on any atom is -0.384 e. The van der Waals surface area contributed by atoms with Crippen LogP contribution in [-0.2, 0) is 12.2 Å². The molecule has 2 aromatic rings. The molecule has 0 saturated heterocycles. The van der Waals surface area contributed by atoms with Crippen molar-refractivity contribution in [3.63, 3.8) is 0 Å². The lowest BCUT2D eigenvalue weighted by Crippen LogP contribution is -1.90. The number of rotatable bonds is 4. The fraction of sp³-hybridized carbons (Fsp3) is 0.300. The number of nitrogen functional groups attached to an aromatic ring is 1. The molecule has 0 amide bonds. The lowest BCUT2D eigenvalue weighted by Gasteiger charge is -1.98. The summed E-state index contributed by atoms with van der Waals surface area (Å²) in [6, 6.07) is 3.80. The molecular formula is C10H12N4S2. The average molecular weight is 252 g/mol. The molecule has 2 heterocycles. The van der Waals surface area contributed by atoms with E-state index in [-0.39, 0.29) is 0 Å². The van der Waals surface area contributed by atoms with Crippen molar-refractivity contribution in [2.24, 2.45) is 0 Å². The van der Waals surface area contributed by atoms with Gasteiger partial charge in [0.25, 0.3) is 0 Å². The van der Waals surface area contributed by atoms with Crippen LogP contribution in [0.3, 0.4) is 0 Å².